The Bertz CT molecular complexity index is 322. The van der Waals surface area contributed by atoms with Crippen LogP contribution in [0, 0.1) is 0 Å². The van der Waals surface area contributed by atoms with Gasteiger partial charge in [0.1, 0.15) is 0 Å². The van der Waals surface area contributed by atoms with Gasteiger partial charge in [0.05, 0.1) is 5.75 Å². The number of carboxylic acids is 1. The predicted octanol–water partition coefficient (Wildman–Crippen LogP) is 3.02. The Morgan fingerprint density at radius 1 is 1.00 bits per heavy atom. The first-order valence-electron chi connectivity index (χ1n) is 6.90. The highest BCUT2D eigenvalue weighted by atomic mass is 32.2. The van der Waals surface area contributed by atoms with Crippen molar-refractivity contribution in [1.82, 2.24) is 0 Å². The van der Waals surface area contributed by atoms with Crippen molar-refractivity contribution in [2.45, 2.75) is 70.5 Å². The fourth-order valence-electron chi connectivity index (χ4n) is 1.98. The number of hydrogen-bond acceptors (Lipinski definition) is 3. The monoisotopic (exact) mass is 278 g/mol. The summed E-state index contributed by atoms with van der Waals surface area (Å²) >= 11 is 0. The summed E-state index contributed by atoms with van der Waals surface area (Å²) in [6.45, 7) is 3.75. The summed E-state index contributed by atoms with van der Waals surface area (Å²) in [5.41, 5.74) is 0. The Morgan fingerprint density at radius 2 is 1.50 bits per heavy atom. The van der Waals surface area contributed by atoms with Crippen LogP contribution >= 0.6 is 0 Å². The average Bonchev–Trinajstić information content (AvgIpc) is 2.27. The summed E-state index contributed by atoms with van der Waals surface area (Å²) in [6.07, 6.45) is 7.42. The minimum atomic E-state index is -3.47. The van der Waals surface area contributed by atoms with Gasteiger partial charge in [0.25, 0.3) is 0 Å². The molecule has 0 heterocycles. The van der Waals surface area contributed by atoms with Crippen LogP contribution < -0.4 is 0 Å². The smallest absolute Gasteiger partial charge is 0.321 e. The zero-order valence-corrected chi connectivity index (χ0v) is 12.3. The largest absolute Gasteiger partial charge is 0.480 e. The average molecular weight is 278 g/mol. The molecule has 0 amide bonds. The molecule has 1 atom stereocenters. The molecule has 1 unspecified atom stereocenters. The third kappa shape index (κ3) is 6.99. The Labute approximate surface area is 111 Å². The summed E-state index contributed by atoms with van der Waals surface area (Å²) < 4.78 is 23.5. The summed E-state index contributed by atoms with van der Waals surface area (Å²) in [5, 5.41) is 7.61. The molecule has 1 N–H and O–H groups in total. The van der Waals surface area contributed by atoms with Crippen molar-refractivity contribution in [2.75, 3.05) is 5.75 Å². The Balaban J connectivity index is 3.87. The van der Waals surface area contributed by atoms with E-state index in [1.54, 1.807) is 6.92 Å². The molecule has 0 aliphatic carbocycles. The molecule has 5 heteroatoms. The van der Waals surface area contributed by atoms with Crippen LogP contribution in [0.5, 0.6) is 0 Å². The normalized spacial score (nSPS) is 13.4. The summed E-state index contributed by atoms with van der Waals surface area (Å²) in [6, 6.07) is 0. The lowest BCUT2D eigenvalue weighted by Crippen LogP contribution is -2.31. The predicted molar refractivity (Wildman–Crippen MR) is 73.5 cm³/mol. The first-order valence-corrected chi connectivity index (χ1v) is 8.61. The Morgan fingerprint density at radius 3 is 1.94 bits per heavy atom. The van der Waals surface area contributed by atoms with E-state index >= 15 is 0 Å². The number of hydrogen-bond donors (Lipinski definition) is 1. The molecule has 18 heavy (non-hydrogen) atoms. The molecular weight excluding hydrogens is 252 g/mol. The van der Waals surface area contributed by atoms with Gasteiger partial charge in [-0.05, 0) is 12.8 Å². The molecule has 108 valence electrons. The van der Waals surface area contributed by atoms with Crippen LogP contribution in [-0.2, 0) is 14.6 Å². The van der Waals surface area contributed by atoms with Crippen LogP contribution in [0.15, 0.2) is 0 Å². The molecule has 0 radical (unpaired) electrons. The molecule has 0 bridgehead atoms. The van der Waals surface area contributed by atoms with Crippen molar-refractivity contribution in [3.05, 3.63) is 0 Å². The Hall–Kier alpha value is -0.580. The Kier molecular flexibility index (Phi) is 9.06. The number of unbranched alkanes of at least 4 members (excludes halogenated alkanes) is 6. The molecule has 0 aliphatic heterocycles. The first-order chi connectivity index (χ1) is 8.45. The molecule has 0 spiro atoms. The van der Waals surface area contributed by atoms with E-state index in [2.05, 4.69) is 6.92 Å². The van der Waals surface area contributed by atoms with E-state index < -0.39 is 21.1 Å². The van der Waals surface area contributed by atoms with Crippen LogP contribution in [0.25, 0.3) is 0 Å². The maximum atomic E-state index is 11.8. The number of aliphatic carboxylic acids is 1. The summed E-state index contributed by atoms with van der Waals surface area (Å²) in [7, 11) is -3.47. The highest BCUT2D eigenvalue weighted by Crippen LogP contribution is 2.12. The van der Waals surface area contributed by atoms with Crippen molar-refractivity contribution in [1.29, 1.82) is 0 Å². The van der Waals surface area contributed by atoms with E-state index in [-0.39, 0.29) is 12.2 Å². The van der Waals surface area contributed by atoms with E-state index in [1.807, 2.05) is 0 Å². The summed E-state index contributed by atoms with van der Waals surface area (Å²) in [5.74, 6) is -1.22. The van der Waals surface area contributed by atoms with E-state index in [0.717, 1.165) is 19.3 Å². The number of carbonyl (C=O) groups is 1. The van der Waals surface area contributed by atoms with Crippen LogP contribution in [0.3, 0.4) is 0 Å². The van der Waals surface area contributed by atoms with Crippen molar-refractivity contribution in [3.8, 4) is 0 Å². The van der Waals surface area contributed by atoms with Gasteiger partial charge in [-0.1, -0.05) is 52.4 Å². The molecule has 0 aliphatic rings. The highest BCUT2D eigenvalue weighted by molar-refractivity contribution is 7.92. The van der Waals surface area contributed by atoms with Gasteiger partial charge in [0, 0.05) is 0 Å². The van der Waals surface area contributed by atoms with Gasteiger partial charge in [-0.15, -0.1) is 0 Å². The fraction of sp³-hybridized carbons (Fsp3) is 0.923. The van der Waals surface area contributed by atoms with Gasteiger partial charge in [0.15, 0.2) is 15.1 Å². The molecular formula is C13H26O4S. The number of carboxylic acid groups (broad SMARTS) is 1. The second kappa shape index (κ2) is 9.36. The molecule has 0 saturated carbocycles. The topological polar surface area (TPSA) is 71.4 Å². The van der Waals surface area contributed by atoms with E-state index in [0.29, 0.717) is 6.42 Å². The summed E-state index contributed by atoms with van der Waals surface area (Å²) in [4.78, 5) is 10.8. The SMILES string of the molecule is CCCCCCCCCS(=O)(=O)C(CC)C(=O)O. The number of sulfone groups is 1. The van der Waals surface area contributed by atoms with Crippen molar-refractivity contribution in [3.63, 3.8) is 0 Å². The quantitative estimate of drug-likeness (QED) is 0.590. The molecule has 0 aromatic carbocycles. The van der Waals surface area contributed by atoms with Gasteiger partial charge in [-0.25, -0.2) is 8.42 Å². The first kappa shape index (κ1) is 17.4. The maximum absolute atomic E-state index is 11.8. The lowest BCUT2D eigenvalue weighted by molar-refractivity contribution is -0.136. The third-order valence-corrected chi connectivity index (χ3v) is 5.37. The van der Waals surface area contributed by atoms with Crippen molar-refractivity contribution >= 4 is 15.8 Å². The number of rotatable bonds is 11. The van der Waals surface area contributed by atoms with Gasteiger partial charge in [-0.3, -0.25) is 4.79 Å². The zero-order valence-electron chi connectivity index (χ0n) is 11.5. The molecule has 0 fully saturated rings. The van der Waals surface area contributed by atoms with Crippen LogP contribution in [-0.4, -0.2) is 30.5 Å². The van der Waals surface area contributed by atoms with Crippen LogP contribution in [0.1, 0.15) is 65.2 Å². The fourth-order valence-corrected chi connectivity index (χ4v) is 3.69. The van der Waals surface area contributed by atoms with Crippen LogP contribution in [0.4, 0.5) is 0 Å². The van der Waals surface area contributed by atoms with Crippen LogP contribution in [0.2, 0.25) is 0 Å². The lowest BCUT2D eigenvalue weighted by atomic mass is 10.1. The van der Waals surface area contributed by atoms with E-state index in [9.17, 15) is 13.2 Å². The van der Waals surface area contributed by atoms with Gasteiger partial charge in [0.2, 0.25) is 0 Å². The van der Waals surface area contributed by atoms with Gasteiger partial charge in [-0.2, -0.15) is 0 Å². The lowest BCUT2D eigenvalue weighted by Gasteiger charge is -2.11. The second-order valence-electron chi connectivity index (χ2n) is 4.72. The third-order valence-electron chi connectivity index (χ3n) is 3.11. The molecule has 4 nitrogen and oxygen atoms in total. The molecule has 0 aromatic rings. The second-order valence-corrected chi connectivity index (χ2v) is 7.03. The maximum Gasteiger partial charge on any atom is 0.321 e. The van der Waals surface area contributed by atoms with Crippen molar-refractivity contribution in [2.24, 2.45) is 0 Å². The molecule has 0 aromatic heterocycles. The van der Waals surface area contributed by atoms with E-state index in [4.69, 9.17) is 5.11 Å². The van der Waals surface area contributed by atoms with Gasteiger partial charge >= 0.3 is 5.97 Å². The molecule has 0 saturated heterocycles. The van der Waals surface area contributed by atoms with E-state index in [1.165, 1.54) is 19.3 Å². The minimum Gasteiger partial charge on any atom is -0.480 e. The molecule has 0 rings (SSSR count). The highest BCUT2D eigenvalue weighted by Gasteiger charge is 2.29. The van der Waals surface area contributed by atoms with Gasteiger partial charge < -0.3 is 5.11 Å². The zero-order chi connectivity index (χ0) is 14.0. The standard InChI is InChI=1S/C13H26O4S/c1-3-5-6-7-8-9-10-11-18(16,17)12(4-2)13(14)15/h12H,3-11H2,1-2H3,(H,14,15). The minimum absolute atomic E-state index is 0.00554. The van der Waals surface area contributed by atoms with Crippen molar-refractivity contribution < 1.29 is 18.3 Å².